The van der Waals surface area contributed by atoms with Crippen molar-refractivity contribution in [1.29, 1.82) is 0 Å². The van der Waals surface area contributed by atoms with E-state index in [1.54, 1.807) is 36.4 Å². The minimum absolute atomic E-state index is 0.0935. The third-order valence-electron chi connectivity index (χ3n) is 3.08. The maximum atomic E-state index is 12.9. The standard InChI is InChI=1S/C16H15Cl2NO2S/c1-3-10-19(16-11-13(17)6-9-15(16)18)22(20,21)14-7-4-12(2)5-8-14/h3-9,11H,1,10H2,2H3. The summed E-state index contributed by atoms with van der Waals surface area (Å²) in [6, 6.07) is 11.3. The highest BCUT2D eigenvalue weighted by Gasteiger charge is 2.25. The van der Waals surface area contributed by atoms with Crippen molar-refractivity contribution in [3.8, 4) is 0 Å². The maximum absolute atomic E-state index is 12.9. The fourth-order valence-electron chi connectivity index (χ4n) is 1.96. The van der Waals surface area contributed by atoms with Crippen LogP contribution in [0.2, 0.25) is 10.0 Å². The molecular formula is C16H15Cl2NO2S. The van der Waals surface area contributed by atoms with Crippen molar-refractivity contribution in [2.75, 3.05) is 10.8 Å². The lowest BCUT2D eigenvalue weighted by Gasteiger charge is -2.24. The normalized spacial score (nSPS) is 11.2. The highest BCUT2D eigenvalue weighted by atomic mass is 35.5. The van der Waals surface area contributed by atoms with Gasteiger partial charge in [-0.25, -0.2) is 8.42 Å². The molecule has 0 spiro atoms. The molecule has 0 aliphatic heterocycles. The number of sulfonamides is 1. The van der Waals surface area contributed by atoms with Crippen LogP contribution in [0.15, 0.2) is 60.0 Å². The van der Waals surface area contributed by atoms with Gasteiger partial charge in [-0.1, -0.05) is 47.0 Å². The van der Waals surface area contributed by atoms with Gasteiger partial charge in [-0.15, -0.1) is 6.58 Å². The predicted molar refractivity (Wildman–Crippen MR) is 92.4 cm³/mol. The minimum Gasteiger partial charge on any atom is -0.261 e. The second-order valence-electron chi connectivity index (χ2n) is 4.73. The lowest BCUT2D eigenvalue weighted by Crippen LogP contribution is -2.31. The molecule has 0 N–H and O–H groups in total. The van der Waals surface area contributed by atoms with E-state index in [1.807, 2.05) is 6.92 Å². The van der Waals surface area contributed by atoms with Gasteiger partial charge < -0.3 is 0 Å². The SMILES string of the molecule is C=CCN(c1cc(Cl)ccc1Cl)S(=O)(=O)c1ccc(C)cc1. The van der Waals surface area contributed by atoms with E-state index >= 15 is 0 Å². The zero-order chi connectivity index (χ0) is 16.3. The van der Waals surface area contributed by atoms with Crippen LogP contribution in [0.3, 0.4) is 0 Å². The third kappa shape index (κ3) is 3.46. The van der Waals surface area contributed by atoms with Crippen LogP contribution in [0, 0.1) is 6.92 Å². The summed E-state index contributed by atoms with van der Waals surface area (Å²) >= 11 is 12.1. The first kappa shape index (κ1) is 16.9. The predicted octanol–water partition coefficient (Wildman–Crippen LogP) is 4.68. The van der Waals surface area contributed by atoms with Crippen LogP contribution in [0.1, 0.15) is 5.56 Å². The van der Waals surface area contributed by atoms with E-state index in [9.17, 15) is 8.42 Å². The van der Waals surface area contributed by atoms with E-state index in [4.69, 9.17) is 23.2 Å². The molecule has 3 nitrogen and oxygen atoms in total. The minimum atomic E-state index is -3.75. The lowest BCUT2D eigenvalue weighted by atomic mass is 10.2. The monoisotopic (exact) mass is 355 g/mol. The second kappa shape index (κ2) is 6.73. The molecule has 0 aliphatic rings. The molecule has 0 fully saturated rings. The van der Waals surface area contributed by atoms with Crippen LogP contribution < -0.4 is 4.31 Å². The molecule has 0 unspecified atom stereocenters. The van der Waals surface area contributed by atoms with Crippen molar-refractivity contribution in [2.24, 2.45) is 0 Å². The first-order valence-corrected chi connectivity index (χ1v) is 8.71. The van der Waals surface area contributed by atoms with Gasteiger partial charge in [0, 0.05) is 5.02 Å². The van der Waals surface area contributed by atoms with Gasteiger partial charge >= 0.3 is 0 Å². The molecule has 0 heterocycles. The molecular weight excluding hydrogens is 341 g/mol. The lowest BCUT2D eigenvalue weighted by molar-refractivity contribution is 0.593. The van der Waals surface area contributed by atoms with Gasteiger partial charge in [0.2, 0.25) is 0 Å². The Labute approximate surface area is 140 Å². The Morgan fingerprint density at radius 1 is 1.14 bits per heavy atom. The van der Waals surface area contributed by atoms with Crippen molar-refractivity contribution < 1.29 is 8.42 Å². The van der Waals surface area contributed by atoms with Crippen LogP contribution in [0.5, 0.6) is 0 Å². The average molecular weight is 356 g/mol. The summed E-state index contributed by atoms with van der Waals surface area (Å²) in [5, 5.41) is 0.717. The van der Waals surface area contributed by atoms with Gasteiger partial charge in [-0.05, 0) is 37.3 Å². The van der Waals surface area contributed by atoms with Crippen molar-refractivity contribution >= 4 is 38.9 Å². The fourth-order valence-corrected chi connectivity index (χ4v) is 3.84. The summed E-state index contributed by atoms with van der Waals surface area (Å²) in [4.78, 5) is 0.191. The number of rotatable bonds is 5. The van der Waals surface area contributed by atoms with E-state index in [-0.39, 0.29) is 11.4 Å². The summed E-state index contributed by atoms with van der Waals surface area (Å²) in [7, 11) is -3.75. The smallest absolute Gasteiger partial charge is 0.261 e. The van der Waals surface area contributed by atoms with E-state index < -0.39 is 10.0 Å². The van der Waals surface area contributed by atoms with Gasteiger partial charge in [-0.2, -0.15) is 0 Å². The van der Waals surface area contributed by atoms with Crippen molar-refractivity contribution in [3.63, 3.8) is 0 Å². The summed E-state index contributed by atoms with van der Waals surface area (Å²) in [5.41, 5.74) is 1.31. The molecule has 22 heavy (non-hydrogen) atoms. The van der Waals surface area contributed by atoms with Gasteiger partial charge in [0.25, 0.3) is 10.0 Å². The Morgan fingerprint density at radius 2 is 1.77 bits per heavy atom. The number of halogens is 2. The molecule has 2 rings (SSSR count). The average Bonchev–Trinajstić information content (AvgIpc) is 2.48. The summed E-state index contributed by atoms with van der Waals surface area (Å²) < 4.78 is 26.9. The molecule has 0 saturated heterocycles. The number of hydrogen-bond acceptors (Lipinski definition) is 2. The molecule has 0 atom stereocenters. The molecule has 0 aromatic heterocycles. The first-order valence-electron chi connectivity index (χ1n) is 6.51. The number of hydrogen-bond donors (Lipinski definition) is 0. The summed E-state index contributed by atoms with van der Waals surface area (Å²) in [5.74, 6) is 0. The van der Waals surface area contributed by atoms with Gasteiger partial charge in [0.15, 0.2) is 0 Å². The molecule has 6 heteroatoms. The highest BCUT2D eigenvalue weighted by molar-refractivity contribution is 7.92. The quantitative estimate of drug-likeness (QED) is 0.730. The number of aryl methyl sites for hydroxylation is 1. The van der Waals surface area contributed by atoms with Crippen LogP contribution in [-0.2, 0) is 10.0 Å². The summed E-state index contributed by atoms with van der Waals surface area (Å²) in [6.45, 7) is 5.61. The van der Waals surface area contributed by atoms with E-state index in [2.05, 4.69) is 6.58 Å². The molecule has 0 aliphatic carbocycles. The third-order valence-corrected chi connectivity index (χ3v) is 5.43. The fraction of sp³-hybridized carbons (Fsp3) is 0.125. The molecule has 0 radical (unpaired) electrons. The molecule has 2 aromatic rings. The number of benzene rings is 2. The Balaban J connectivity index is 2.57. The number of anilines is 1. The molecule has 2 aromatic carbocycles. The maximum Gasteiger partial charge on any atom is 0.264 e. The Bertz CT molecular complexity index is 786. The van der Waals surface area contributed by atoms with Gasteiger partial charge in [-0.3, -0.25) is 4.31 Å². The Hall–Kier alpha value is -1.49. The van der Waals surface area contributed by atoms with E-state index in [1.165, 1.54) is 16.4 Å². The number of nitrogens with zero attached hydrogens (tertiary/aromatic N) is 1. The van der Waals surface area contributed by atoms with E-state index in [0.717, 1.165) is 5.56 Å². The Morgan fingerprint density at radius 3 is 2.36 bits per heavy atom. The summed E-state index contributed by atoms with van der Waals surface area (Å²) in [6.07, 6.45) is 1.50. The molecule has 0 bridgehead atoms. The van der Waals surface area contributed by atoms with Crippen LogP contribution in [-0.4, -0.2) is 15.0 Å². The Kier molecular flexibility index (Phi) is 5.16. The van der Waals surface area contributed by atoms with Crippen LogP contribution in [0.25, 0.3) is 0 Å². The largest absolute Gasteiger partial charge is 0.264 e. The van der Waals surface area contributed by atoms with Crippen LogP contribution in [0.4, 0.5) is 5.69 Å². The topological polar surface area (TPSA) is 37.4 Å². The molecule has 0 saturated carbocycles. The van der Waals surface area contributed by atoms with Crippen LogP contribution >= 0.6 is 23.2 Å². The van der Waals surface area contributed by atoms with Gasteiger partial charge in [0.05, 0.1) is 22.2 Å². The van der Waals surface area contributed by atoms with Crippen molar-refractivity contribution in [2.45, 2.75) is 11.8 Å². The first-order chi connectivity index (χ1) is 10.4. The van der Waals surface area contributed by atoms with Gasteiger partial charge in [0.1, 0.15) is 0 Å². The highest BCUT2D eigenvalue weighted by Crippen LogP contribution is 2.32. The zero-order valence-electron chi connectivity index (χ0n) is 12.0. The molecule has 0 amide bonds. The molecule has 116 valence electrons. The second-order valence-corrected chi connectivity index (χ2v) is 7.44. The van der Waals surface area contributed by atoms with Crippen molar-refractivity contribution in [3.05, 3.63) is 70.7 Å². The van der Waals surface area contributed by atoms with E-state index in [0.29, 0.717) is 15.7 Å². The zero-order valence-corrected chi connectivity index (χ0v) is 14.3. The van der Waals surface area contributed by atoms with Crippen molar-refractivity contribution in [1.82, 2.24) is 0 Å².